The van der Waals surface area contributed by atoms with Gasteiger partial charge in [-0.05, 0) is 18.9 Å². The van der Waals surface area contributed by atoms with Crippen LogP contribution in [-0.2, 0) is 6.42 Å². The van der Waals surface area contributed by atoms with E-state index in [0.717, 1.165) is 6.42 Å². The Kier molecular flexibility index (Phi) is 4.83. The molecule has 1 aliphatic heterocycles. The molecule has 3 atom stereocenters. The molecule has 1 aliphatic rings. The summed E-state index contributed by atoms with van der Waals surface area (Å²) in [7, 11) is 0. The van der Waals surface area contributed by atoms with Crippen molar-refractivity contribution in [3.05, 3.63) is 35.4 Å². The molecule has 1 nitrogen and oxygen atoms in total. The quantitative estimate of drug-likeness (QED) is 0.911. The molecule has 0 aliphatic carbocycles. The SMILES string of the molecule is Cc1ccc(CC(N)C2SCCSC2C)cc1. The fraction of sp³-hybridized carbons (Fsp3) is 0.571. The van der Waals surface area contributed by atoms with Gasteiger partial charge in [-0.3, -0.25) is 0 Å². The van der Waals surface area contributed by atoms with E-state index in [9.17, 15) is 0 Å². The lowest BCUT2D eigenvalue weighted by molar-refractivity contribution is 0.622. The Morgan fingerprint density at radius 3 is 2.53 bits per heavy atom. The maximum atomic E-state index is 6.37. The molecule has 1 aromatic rings. The van der Waals surface area contributed by atoms with Crippen molar-refractivity contribution in [2.45, 2.75) is 36.8 Å². The van der Waals surface area contributed by atoms with Crippen LogP contribution in [0.2, 0.25) is 0 Å². The minimum absolute atomic E-state index is 0.283. The second-order valence-electron chi connectivity index (χ2n) is 4.76. The molecule has 1 saturated heterocycles. The highest BCUT2D eigenvalue weighted by Gasteiger charge is 2.27. The first kappa shape index (κ1) is 13.3. The molecule has 0 radical (unpaired) electrons. The number of benzene rings is 1. The van der Waals surface area contributed by atoms with Gasteiger partial charge in [0.05, 0.1) is 0 Å². The molecular weight excluding hydrogens is 246 g/mol. The Labute approximate surface area is 113 Å². The summed E-state index contributed by atoms with van der Waals surface area (Å²) in [5.41, 5.74) is 9.06. The normalized spacial score (nSPS) is 26.8. The minimum atomic E-state index is 0.283. The molecule has 0 aromatic heterocycles. The molecule has 0 spiro atoms. The van der Waals surface area contributed by atoms with Crippen LogP contribution in [0.5, 0.6) is 0 Å². The predicted octanol–water partition coefficient (Wildman–Crippen LogP) is 3.10. The fourth-order valence-electron chi connectivity index (χ4n) is 2.23. The largest absolute Gasteiger partial charge is 0.326 e. The van der Waals surface area contributed by atoms with Gasteiger partial charge >= 0.3 is 0 Å². The van der Waals surface area contributed by atoms with E-state index in [0.29, 0.717) is 10.5 Å². The number of aryl methyl sites for hydroxylation is 1. The zero-order chi connectivity index (χ0) is 12.3. The van der Waals surface area contributed by atoms with E-state index in [-0.39, 0.29) is 6.04 Å². The number of nitrogens with two attached hydrogens (primary N) is 1. The van der Waals surface area contributed by atoms with Gasteiger partial charge < -0.3 is 5.73 Å². The van der Waals surface area contributed by atoms with E-state index >= 15 is 0 Å². The van der Waals surface area contributed by atoms with Crippen molar-refractivity contribution in [1.29, 1.82) is 0 Å². The van der Waals surface area contributed by atoms with Crippen LogP contribution in [0.25, 0.3) is 0 Å². The first-order valence-electron chi connectivity index (χ1n) is 6.21. The first-order valence-corrected chi connectivity index (χ1v) is 8.31. The third-order valence-electron chi connectivity index (χ3n) is 3.25. The Morgan fingerprint density at radius 2 is 1.88 bits per heavy atom. The monoisotopic (exact) mass is 267 g/mol. The Balaban J connectivity index is 1.95. The van der Waals surface area contributed by atoms with Crippen molar-refractivity contribution in [2.24, 2.45) is 5.73 Å². The fourth-order valence-corrected chi connectivity index (χ4v) is 5.12. The van der Waals surface area contributed by atoms with Crippen LogP contribution in [0.1, 0.15) is 18.1 Å². The van der Waals surface area contributed by atoms with E-state index in [1.165, 1.54) is 22.6 Å². The highest BCUT2D eigenvalue weighted by atomic mass is 32.2. The predicted molar refractivity (Wildman–Crippen MR) is 81.0 cm³/mol. The second kappa shape index (κ2) is 6.17. The van der Waals surface area contributed by atoms with Gasteiger partial charge in [0.1, 0.15) is 0 Å². The summed E-state index contributed by atoms with van der Waals surface area (Å²) in [4.78, 5) is 0. The molecule has 1 aromatic carbocycles. The topological polar surface area (TPSA) is 26.0 Å². The van der Waals surface area contributed by atoms with Crippen LogP contribution in [0.3, 0.4) is 0 Å². The summed E-state index contributed by atoms with van der Waals surface area (Å²) in [6, 6.07) is 9.05. The smallest absolute Gasteiger partial charge is 0.0318 e. The highest BCUT2D eigenvalue weighted by Crippen LogP contribution is 2.33. The van der Waals surface area contributed by atoms with Crippen molar-refractivity contribution < 1.29 is 0 Å². The number of rotatable bonds is 3. The first-order chi connectivity index (χ1) is 8.16. The molecule has 1 heterocycles. The second-order valence-corrected chi connectivity index (χ2v) is 7.54. The van der Waals surface area contributed by atoms with Crippen LogP contribution in [0.4, 0.5) is 0 Å². The average molecular weight is 267 g/mol. The van der Waals surface area contributed by atoms with E-state index in [4.69, 9.17) is 5.73 Å². The molecular formula is C14H21NS2. The van der Waals surface area contributed by atoms with E-state index < -0.39 is 0 Å². The Bertz CT molecular complexity index is 350. The molecule has 17 heavy (non-hydrogen) atoms. The van der Waals surface area contributed by atoms with Gasteiger partial charge in [-0.15, -0.1) is 0 Å². The van der Waals surface area contributed by atoms with Gasteiger partial charge in [0.25, 0.3) is 0 Å². The molecule has 2 N–H and O–H groups in total. The minimum Gasteiger partial charge on any atom is -0.326 e. The highest BCUT2D eigenvalue weighted by molar-refractivity contribution is 8.07. The Morgan fingerprint density at radius 1 is 1.24 bits per heavy atom. The molecule has 0 amide bonds. The summed E-state index contributed by atoms with van der Waals surface area (Å²) in [5, 5.41) is 1.30. The summed E-state index contributed by atoms with van der Waals surface area (Å²) in [6.45, 7) is 4.44. The van der Waals surface area contributed by atoms with Gasteiger partial charge in [0, 0.05) is 28.0 Å². The van der Waals surface area contributed by atoms with E-state index in [1.807, 2.05) is 0 Å². The third kappa shape index (κ3) is 3.67. The summed E-state index contributed by atoms with van der Waals surface area (Å²) in [6.07, 6.45) is 1.00. The van der Waals surface area contributed by atoms with Gasteiger partial charge in [-0.1, -0.05) is 36.8 Å². The average Bonchev–Trinajstić information content (AvgIpc) is 2.32. The van der Waals surface area contributed by atoms with Gasteiger partial charge in [0.15, 0.2) is 0 Å². The van der Waals surface area contributed by atoms with Crippen LogP contribution >= 0.6 is 23.5 Å². The number of hydrogen-bond acceptors (Lipinski definition) is 3. The van der Waals surface area contributed by atoms with E-state index in [2.05, 4.69) is 61.6 Å². The van der Waals surface area contributed by atoms with Crippen LogP contribution < -0.4 is 5.73 Å². The summed E-state index contributed by atoms with van der Waals surface area (Å²) in [5.74, 6) is 2.53. The summed E-state index contributed by atoms with van der Waals surface area (Å²) >= 11 is 4.12. The maximum Gasteiger partial charge on any atom is 0.0318 e. The summed E-state index contributed by atoms with van der Waals surface area (Å²) < 4.78 is 0. The van der Waals surface area contributed by atoms with Crippen LogP contribution in [0.15, 0.2) is 24.3 Å². The maximum absolute atomic E-state index is 6.37. The van der Waals surface area contributed by atoms with Gasteiger partial charge in [-0.2, -0.15) is 23.5 Å². The number of thioether (sulfide) groups is 2. The molecule has 0 saturated carbocycles. The van der Waals surface area contributed by atoms with Crippen molar-refractivity contribution in [3.8, 4) is 0 Å². The molecule has 1 fully saturated rings. The van der Waals surface area contributed by atoms with Crippen molar-refractivity contribution in [3.63, 3.8) is 0 Å². The van der Waals surface area contributed by atoms with Crippen LogP contribution in [0, 0.1) is 6.92 Å². The zero-order valence-corrected chi connectivity index (χ0v) is 12.2. The third-order valence-corrected chi connectivity index (χ3v) is 6.52. The molecule has 3 unspecified atom stereocenters. The van der Waals surface area contributed by atoms with Crippen LogP contribution in [-0.4, -0.2) is 28.0 Å². The van der Waals surface area contributed by atoms with Gasteiger partial charge in [-0.25, -0.2) is 0 Å². The molecule has 94 valence electrons. The Hall–Kier alpha value is -0.120. The number of hydrogen-bond donors (Lipinski definition) is 1. The molecule has 0 bridgehead atoms. The zero-order valence-electron chi connectivity index (χ0n) is 10.6. The lowest BCUT2D eigenvalue weighted by atomic mass is 10.0. The standard InChI is InChI=1S/C14H21NS2/c1-10-3-5-12(6-4-10)9-13(15)14-11(2)16-7-8-17-14/h3-6,11,13-14H,7-9,15H2,1-2H3. The molecule has 2 rings (SSSR count). The van der Waals surface area contributed by atoms with Gasteiger partial charge in [0.2, 0.25) is 0 Å². The molecule has 3 heteroatoms. The lowest BCUT2D eigenvalue weighted by Crippen LogP contribution is -2.42. The van der Waals surface area contributed by atoms with Crippen molar-refractivity contribution in [1.82, 2.24) is 0 Å². The van der Waals surface area contributed by atoms with Crippen molar-refractivity contribution in [2.75, 3.05) is 11.5 Å². The lowest BCUT2D eigenvalue weighted by Gasteiger charge is -2.32. The van der Waals surface area contributed by atoms with Crippen molar-refractivity contribution >= 4 is 23.5 Å². The van der Waals surface area contributed by atoms with E-state index in [1.54, 1.807) is 0 Å².